The maximum absolute atomic E-state index is 14.0. The number of para-hydroxylation sites is 1. The molecule has 0 spiro atoms. The lowest BCUT2D eigenvalue weighted by Crippen LogP contribution is -2.49. The predicted octanol–water partition coefficient (Wildman–Crippen LogP) is 6.58. The number of thiophene rings is 1. The summed E-state index contributed by atoms with van der Waals surface area (Å²) in [7, 11) is 0. The molecule has 2 aromatic carbocycles. The average molecular weight is 488 g/mol. The van der Waals surface area contributed by atoms with E-state index in [-0.39, 0.29) is 18.2 Å². The summed E-state index contributed by atoms with van der Waals surface area (Å²) in [5.74, 6) is 0.0414. The van der Waals surface area contributed by atoms with Crippen molar-refractivity contribution in [3.8, 4) is 0 Å². The van der Waals surface area contributed by atoms with Gasteiger partial charge < -0.3 is 10.3 Å². The molecule has 6 heteroatoms. The third-order valence-corrected chi connectivity index (χ3v) is 6.69. The molecule has 0 saturated heterocycles. The number of nitrogens with zero attached hydrogens (tertiary/aromatic N) is 1. The van der Waals surface area contributed by atoms with E-state index in [1.807, 2.05) is 92.3 Å². The molecule has 0 aliphatic rings. The van der Waals surface area contributed by atoms with Gasteiger partial charge in [-0.1, -0.05) is 44.2 Å². The fourth-order valence-corrected chi connectivity index (χ4v) is 4.95. The number of carbonyl (C=O) groups is 2. The van der Waals surface area contributed by atoms with Gasteiger partial charge in [0.05, 0.1) is 6.42 Å². The minimum absolute atomic E-state index is 0.132. The Kier molecular flexibility index (Phi) is 7.13. The molecular weight excluding hydrogens is 454 g/mol. The van der Waals surface area contributed by atoms with Crippen molar-refractivity contribution in [2.24, 2.45) is 0 Å². The van der Waals surface area contributed by atoms with Crippen molar-refractivity contribution in [1.82, 2.24) is 10.3 Å². The number of carbonyl (C=O) groups excluding carboxylic acids is 2. The van der Waals surface area contributed by atoms with Crippen LogP contribution in [-0.4, -0.2) is 22.3 Å². The maximum atomic E-state index is 14.0. The molecule has 0 aliphatic heterocycles. The molecule has 2 amide bonds. The van der Waals surface area contributed by atoms with Gasteiger partial charge in [-0.2, -0.15) is 11.3 Å². The van der Waals surface area contributed by atoms with Gasteiger partial charge in [-0.25, -0.2) is 0 Å². The van der Waals surface area contributed by atoms with E-state index in [4.69, 9.17) is 0 Å². The van der Waals surface area contributed by atoms with Crippen molar-refractivity contribution >= 4 is 39.7 Å². The van der Waals surface area contributed by atoms with Gasteiger partial charge in [0.2, 0.25) is 11.8 Å². The van der Waals surface area contributed by atoms with Gasteiger partial charge in [0.1, 0.15) is 6.04 Å². The van der Waals surface area contributed by atoms with Crippen LogP contribution in [0.1, 0.15) is 63.3 Å². The van der Waals surface area contributed by atoms with Crippen LogP contribution in [0.3, 0.4) is 0 Å². The van der Waals surface area contributed by atoms with Crippen LogP contribution in [0.25, 0.3) is 10.9 Å². The second-order valence-electron chi connectivity index (χ2n) is 10.2. The second-order valence-corrected chi connectivity index (χ2v) is 11.0. The summed E-state index contributed by atoms with van der Waals surface area (Å²) < 4.78 is 0. The molecule has 0 fully saturated rings. The molecule has 5 nitrogen and oxygen atoms in total. The van der Waals surface area contributed by atoms with Crippen LogP contribution in [0.4, 0.5) is 5.69 Å². The number of hydrogen-bond donors (Lipinski definition) is 2. The van der Waals surface area contributed by atoms with Crippen LogP contribution >= 0.6 is 11.3 Å². The lowest BCUT2D eigenvalue weighted by molar-refractivity contribution is -0.127. The number of fused-ring (bicyclic) bond motifs is 1. The molecule has 4 rings (SSSR count). The zero-order valence-electron chi connectivity index (χ0n) is 21.0. The van der Waals surface area contributed by atoms with E-state index in [1.165, 1.54) is 16.9 Å². The van der Waals surface area contributed by atoms with Crippen molar-refractivity contribution in [3.63, 3.8) is 0 Å². The van der Waals surface area contributed by atoms with Crippen molar-refractivity contribution < 1.29 is 9.59 Å². The molecule has 1 atom stereocenters. The quantitative estimate of drug-likeness (QED) is 0.309. The zero-order valence-corrected chi connectivity index (χ0v) is 21.8. The SMILES string of the molecule is CC(C)c1ccc(N(C(=O)Cc2c[nH]c3ccccc23)C(C(=O)NC(C)(C)C)c2ccsc2)cc1. The Bertz CT molecular complexity index is 1300. The Morgan fingerprint density at radius 1 is 1.00 bits per heavy atom. The van der Waals surface area contributed by atoms with Crippen molar-refractivity contribution in [2.45, 2.75) is 58.5 Å². The maximum Gasteiger partial charge on any atom is 0.248 e. The minimum atomic E-state index is -0.775. The largest absolute Gasteiger partial charge is 0.361 e. The third-order valence-electron chi connectivity index (χ3n) is 5.99. The third kappa shape index (κ3) is 5.65. The first-order valence-corrected chi connectivity index (χ1v) is 12.9. The van der Waals surface area contributed by atoms with Crippen LogP contribution in [0, 0.1) is 0 Å². The van der Waals surface area contributed by atoms with Crippen molar-refractivity contribution in [1.29, 1.82) is 0 Å². The normalized spacial score (nSPS) is 12.6. The van der Waals surface area contributed by atoms with Gasteiger partial charge in [0.15, 0.2) is 0 Å². The standard InChI is InChI=1S/C29H33N3O2S/c1-19(2)20-10-12-23(13-11-20)32(26(33)16-22-17-30-25-9-7-6-8-24(22)25)27(21-14-15-35-18-21)28(34)31-29(3,4)5/h6-15,17-19,27,30H,16H2,1-5H3,(H,31,34). The summed E-state index contributed by atoms with van der Waals surface area (Å²) in [6.45, 7) is 10.1. The number of aromatic nitrogens is 1. The van der Waals surface area contributed by atoms with Crippen LogP contribution in [0.2, 0.25) is 0 Å². The summed E-state index contributed by atoms with van der Waals surface area (Å²) in [5.41, 5.74) is 4.16. The number of hydrogen-bond acceptors (Lipinski definition) is 3. The minimum Gasteiger partial charge on any atom is -0.361 e. The van der Waals surface area contributed by atoms with Crippen molar-refractivity contribution in [3.05, 3.63) is 88.2 Å². The molecule has 0 bridgehead atoms. The summed E-state index contributed by atoms with van der Waals surface area (Å²) in [6.07, 6.45) is 2.07. The van der Waals surface area contributed by atoms with Crippen molar-refractivity contribution in [2.75, 3.05) is 4.90 Å². The lowest BCUT2D eigenvalue weighted by atomic mass is 10.00. The number of aromatic amines is 1. The molecule has 35 heavy (non-hydrogen) atoms. The molecule has 0 saturated carbocycles. The highest BCUT2D eigenvalue weighted by Gasteiger charge is 2.35. The number of anilines is 1. The predicted molar refractivity (Wildman–Crippen MR) is 145 cm³/mol. The first-order chi connectivity index (χ1) is 16.6. The Balaban J connectivity index is 1.78. The summed E-state index contributed by atoms with van der Waals surface area (Å²) >= 11 is 1.52. The van der Waals surface area contributed by atoms with Gasteiger partial charge in [0.25, 0.3) is 0 Å². The molecule has 182 valence electrons. The average Bonchev–Trinajstić information content (AvgIpc) is 3.47. The molecule has 0 radical (unpaired) electrons. The number of rotatable bonds is 7. The molecule has 0 aliphatic carbocycles. The Hall–Kier alpha value is -3.38. The van der Waals surface area contributed by atoms with Gasteiger partial charge >= 0.3 is 0 Å². The van der Waals surface area contributed by atoms with Gasteiger partial charge in [-0.15, -0.1) is 0 Å². The summed E-state index contributed by atoms with van der Waals surface area (Å²) in [6, 6.07) is 17.1. The number of amides is 2. The van der Waals surface area contributed by atoms with Gasteiger partial charge in [0, 0.05) is 28.3 Å². The fourth-order valence-electron chi connectivity index (χ4n) is 4.27. The molecular formula is C29H33N3O2S. The van der Waals surface area contributed by atoms with E-state index < -0.39 is 11.6 Å². The van der Waals surface area contributed by atoms with E-state index in [1.54, 1.807) is 4.90 Å². The van der Waals surface area contributed by atoms with E-state index in [0.29, 0.717) is 11.6 Å². The van der Waals surface area contributed by atoms with E-state index in [9.17, 15) is 9.59 Å². The molecule has 4 aromatic rings. The summed E-state index contributed by atoms with van der Waals surface area (Å²) in [5, 5.41) is 8.00. The van der Waals surface area contributed by atoms with Crippen LogP contribution in [0.5, 0.6) is 0 Å². The van der Waals surface area contributed by atoms with Gasteiger partial charge in [-0.05, 0) is 78.4 Å². The Morgan fingerprint density at radius 3 is 2.34 bits per heavy atom. The van der Waals surface area contributed by atoms with E-state index in [0.717, 1.165) is 22.0 Å². The van der Waals surface area contributed by atoms with E-state index >= 15 is 0 Å². The lowest BCUT2D eigenvalue weighted by Gasteiger charge is -2.33. The highest BCUT2D eigenvalue weighted by Crippen LogP contribution is 2.32. The van der Waals surface area contributed by atoms with Crippen LogP contribution in [0.15, 0.2) is 71.6 Å². The Labute approximate surface area is 211 Å². The fraction of sp³-hybridized carbons (Fsp3) is 0.310. The Morgan fingerprint density at radius 2 is 1.71 bits per heavy atom. The van der Waals surface area contributed by atoms with Gasteiger partial charge in [-0.3, -0.25) is 14.5 Å². The molecule has 1 unspecified atom stereocenters. The monoisotopic (exact) mass is 487 g/mol. The zero-order chi connectivity index (χ0) is 25.2. The first-order valence-electron chi connectivity index (χ1n) is 11.9. The summed E-state index contributed by atoms with van der Waals surface area (Å²) in [4.78, 5) is 32.6. The number of benzene rings is 2. The molecule has 2 N–H and O–H groups in total. The highest BCUT2D eigenvalue weighted by molar-refractivity contribution is 7.08. The number of nitrogens with one attached hydrogen (secondary N) is 2. The smallest absolute Gasteiger partial charge is 0.248 e. The topological polar surface area (TPSA) is 65.2 Å². The van der Waals surface area contributed by atoms with E-state index in [2.05, 4.69) is 24.1 Å². The molecule has 2 heterocycles. The molecule has 2 aromatic heterocycles. The first kappa shape index (κ1) is 24.7. The number of H-pyrrole nitrogens is 1. The van der Waals surface area contributed by atoms with Crippen LogP contribution < -0.4 is 10.2 Å². The van der Waals surface area contributed by atoms with Crippen LogP contribution in [-0.2, 0) is 16.0 Å². The highest BCUT2D eigenvalue weighted by atomic mass is 32.1. The second kappa shape index (κ2) is 10.1.